The molecule has 0 bridgehead atoms. The number of rotatable bonds is 3. The fourth-order valence-electron chi connectivity index (χ4n) is 1.83. The number of nitrogens with one attached hydrogen (secondary N) is 1. The predicted octanol–water partition coefficient (Wildman–Crippen LogP) is 3.41. The minimum Gasteiger partial charge on any atom is -0.478 e. The van der Waals surface area contributed by atoms with Crippen molar-refractivity contribution in [2.24, 2.45) is 0 Å². The SMILES string of the molecule is O=C(O)c1cnc(F)c(F)c1Nc1ccc2ncsc2c1. The van der Waals surface area contributed by atoms with Crippen LogP contribution in [0.1, 0.15) is 10.4 Å². The lowest BCUT2D eigenvalue weighted by molar-refractivity contribution is 0.0697. The minimum absolute atomic E-state index is 0.429. The molecule has 21 heavy (non-hydrogen) atoms. The van der Waals surface area contributed by atoms with Gasteiger partial charge in [0.2, 0.25) is 5.82 Å². The Balaban J connectivity index is 2.07. The highest BCUT2D eigenvalue weighted by Crippen LogP contribution is 2.28. The predicted molar refractivity (Wildman–Crippen MR) is 74.0 cm³/mol. The Morgan fingerprint density at radius 1 is 1.29 bits per heavy atom. The van der Waals surface area contributed by atoms with Crippen molar-refractivity contribution in [3.05, 3.63) is 47.2 Å². The van der Waals surface area contributed by atoms with Gasteiger partial charge in [0, 0.05) is 11.9 Å². The number of nitrogens with zero attached hydrogens (tertiary/aromatic N) is 2. The van der Waals surface area contributed by atoms with Gasteiger partial charge < -0.3 is 10.4 Å². The van der Waals surface area contributed by atoms with Crippen LogP contribution in [0.3, 0.4) is 0 Å². The Hall–Kier alpha value is -2.61. The van der Waals surface area contributed by atoms with Crippen molar-refractivity contribution in [2.45, 2.75) is 0 Å². The molecule has 0 aliphatic heterocycles. The number of carboxylic acid groups (broad SMARTS) is 1. The van der Waals surface area contributed by atoms with Gasteiger partial charge in [-0.15, -0.1) is 11.3 Å². The summed E-state index contributed by atoms with van der Waals surface area (Å²) in [4.78, 5) is 18.2. The number of hydrogen-bond donors (Lipinski definition) is 2. The first-order valence-corrected chi connectivity index (χ1v) is 6.62. The molecule has 5 nitrogen and oxygen atoms in total. The summed E-state index contributed by atoms with van der Waals surface area (Å²) < 4.78 is 27.8. The Bertz CT molecular complexity index is 851. The lowest BCUT2D eigenvalue weighted by Gasteiger charge is -2.10. The monoisotopic (exact) mass is 307 g/mol. The number of benzene rings is 1. The molecular weight excluding hydrogens is 300 g/mol. The summed E-state index contributed by atoms with van der Waals surface area (Å²) in [7, 11) is 0. The molecular formula is C13H7F2N3O2S. The van der Waals surface area contributed by atoms with Gasteiger partial charge in [-0.3, -0.25) is 0 Å². The molecule has 0 unspecified atom stereocenters. The summed E-state index contributed by atoms with van der Waals surface area (Å²) in [6, 6.07) is 4.98. The second kappa shape index (κ2) is 5.06. The van der Waals surface area contributed by atoms with E-state index < -0.39 is 29.0 Å². The number of hydrogen-bond acceptors (Lipinski definition) is 5. The van der Waals surface area contributed by atoms with Crippen LogP contribution < -0.4 is 5.32 Å². The van der Waals surface area contributed by atoms with E-state index in [-0.39, 0.29) is 0 Å². The molecule has 2 heterocycles. The van der Waals surface area contributed by atoms with E-state index in [1.54, 1.807) is 23.7 Å². The molecule has 106 valence electrons. The Kier molecular flexibility index (Phi) is 3.22. The van der Waals surface area contributed by atoms with E-state index in [0.29, 0.717) is 5.69 Å². The van der Waals surface area contributed by atoms with Crippen molar-refractivity contribution < 1.29 is 18.7 Å². The van der Waals surface area contributed by atoms with Gasteiger partial charge >= 0.3 is 5.97 Å². The Morgan fingerprint density at radius 3 is 2.86 bits per heavy atom. The zero-order valence-corrected chi connectivity index (χ0v) is 11.1. The third kappa shape index (κ3) is 2.40. The molecule has 0 radical (unpaired) electrons. The van der Waals surface area contributed by atoms with E-state index in [1.165, 1.54) is 11.3 Å². The van der Waals surface area contributed by atoms with E-state index in [0.717, 1.165) is 16.4 Å². The summed E-state index contributed by atoms with van der Waals surface area (Å²) >= 11 is 1.38. The summed E-state index contributed by atoms with van der Waals surface area (Å²) in [5, 5.41) is 11.6. The third-order valence-electron chi connectivity index (χ3n) is 2.81. The molecule has 0 amide bonds. The van der Waals surface area contributed by atoms with Gasteiger partial charge in [-0.1, -0.05) is 0 Å². The van der Waals surface area contributed by atoms with Crippen molar-refractivity contribution in [1.82, 2.24) is 9.97 Å². The highest BCUT2D eigenvalue weighted by atomic mass is 32.1. The van der Waals surface area contributed by atoms with Gasteiger partial charge in [-0.05, 0) is 18.2 Å². The summed E-state index contributed by atoms with van der Waals surface area (Å²) in [6.07, 6.45) is 0.772. The van der Waals surface area contributed by atoms with Crippen molar-refractivity contribution >= 4 is 38.9 Å². The lowest BCUT2D eigenvalue weighted by atomic mass is 10.2. The fourth-order valence-corrected chi connectivity index (χ4v) is 2.54. The van der Waals surface area contributed by atoms with Gasteiger partial charge in [0.1, 0.15) is 5.56 Å². The molecule has 0 aliphatic rings. The first-order valence-electron chi connectivity index (χ1n) is 5.74. The van der Waals surface area contributed by atoms with Crippen molar-refractivity contribution in [2.75, 3.05) is 5.32 Å². The molecule has 0 fully saturated rings. The summed E-state index contributed by atoms with van der Waals surface area (Å²) in [6.45, 7) is 0. The van der Waals surface area contributed by atoms with Crippen molar-refractivity contribution in [1.29, 1.82) is 0 Å². The second-order valence-corrected chi connectivity index (χ2v) is 5.00. The van der Waals surface area contributed by atoms with Gasteiger partial charge in [0.25, 0.3) is 5.95 Å². The van der Waals surface area contributed by atoms with Gasteiger partial charge in [-0.2, -0.15) is 8.78 Å². The number of thiazole rings is 1. The van der Waals surface area contributed by atoms with Crippen LogP contribution in [0.25, 0.3) is 10.2 Å². The van der Waals surface area contributed by atoms with Crippen LogP contribution in [0.15, 0.2) is 29.9 Å². The number of halogens is 2. The lowest BCUT2D eigenvalue weighted by Crippen LogP contribution is -2.08. The molecule has 1 aromatic carbocycles. The molecule has 0 spiro atoms. The molecule has 8 heteroatoms. The molecule has 0 atom stereocenters. The number of aromatic nitrogens is 2. The smallest absolute Gasteiger partial charge is 0.339 e. The summed E-state index contributed by atoms with van der Waals surface area (Å²) in [5.74, 6) is -4.09. The molecule has 0 aliphatic carbocycles. The van der Waals surface area contributed by atoms with Crippen molar-refractivity contribution in [3.8, 4) is 0 Å². The highest BCUT2D eigenvalue weighted by Gasteiger charge is 2.19. The van der Waals surface area contributed by atoms with Gasteiger partial charge in [-0.25, -0.2) is 14.8 Å². The number of anilines is 2. The van der Waals surface area contributed by atoms with E-state index in [1.807, 2.05) is 0 Å². The number of carbonyl (C=O) groups is 1. The van der Waals surface area contributed by atoms with Gasteiger partial charge in [0.15, 0.2) is 0 Å². The van der Waals surface area contributed by atoms with Crippen LogP contribution in [0.5, 0.6) is 0 Å². The van der Waals surface area contributed by atoms with Crippen molar-refractivity contribution in [3.63, 3.8) is 0 Å². The first-order chi connectivity index (χ1) is 10.1. The molecule has 2 aromatic heterocycles. The molecule has 0 saturated carbocycles. The topological polar surface area (TPSA) is 75.1 Å². The fraction of sp³-hybridized carbons (Fsp3) is 0. The molecule has 3 rings (SSSR count). The Morgan fingerprint density at radius 2 is 2.10 bits per heavy atom. The van der Waals surface area contributed by atoms with Crippen LogP contribution in [0.2, 0.25) is 0 Å². The highest BCUT2D eigenvalue weighted by molar-refractivity contribution is 7.16. The third-order valence-corrected chi connectivity index (χ3v) is 3.60. The van der Waals surface area contributed by atoms with Crippen LogP contribution in [-0.4, -0.2) is 21.0 Å². The van der Waals surface area contributed by atoms with E-state index in [2.05, 4.69) is 15.3 Å². The number of aromatic carboxylic acids is 1. The van der Waals surface area contributed by atoms with Crippen LogP contribution in [0.4, 0.5) is 20.2 Å². The second-order valence-electron chi connectivity index (χ2n) is 4.12. The molecule has 3 aromatic rings. The standard InChI is InChI=1S/C13H7F2N3O2S/c14-10-11(7(13(19)20)4-16-12(10)15)18-6-1-2-8-9(3-6)21-5-17-8/h1-5H,(H,16,18)(H,19,20). The van der Waals surface area contributed by atoms with E-state index in [9.17, 15) is 13.6 Å². The quantitative estimate of drug-likeness (QED) is 0.725. The number of pyridine rings is 1. The van der Waals surface area contributed by atoms with E-state index in [4.69, 9.17) is 5.11 Å². The number of fused-ring (bicyclic) bond motifs is 1. The zero-order valence-electron chi connectivity index (χ0n) is 10.3. The average molecular weight is 307 g/mol. The Labute approximate surface area is 120 Å². The minimum atomic E-state index is -1.40. The van der Waals surface area contributed by atoms with Crippen LogP contribution in [-0.2, 0) is 0 Å². The van der Waals surface area contributed by atoms with Gasteiger partial charge in [0.05, 0.1) is 21.4 Å². The normalized spacial score (nSPS) is 10.8. The maximum absolute atomic E-state index is 13.8. The number of carboxylic acids is 1. The van der Waals surface area contributed by atoms with Crippen LogP contribution >= 0.6 is 11.3 Å². The first kappa shape index (κ1) is 13.4. The summed E-state index contributed by atoms with van der Waals surface area (Å²) in [5.41, 5.74) is 1.95. The maximum atomic E-state index is 13.8. The maximum Gasteiger partial charge on any atom is 0.339 e. The average Bonchev–Trinajstić information content (AvgIpc) is 2.91. The van der Waals surface area contributed by atoms with Crippen LogP contribution in [0, 0.1) is 11.8 Å². The largest absolute Gasteiger partial charge is 0.478 e. The zero-order chi connectivity index (χ0) is 15.0. The molecule has 2 N–H and O–H groups in total. The molecule has 0 saturated heterocycles. The van der Waals surface area contributed by atoms with E-state index >= 15 is 0 Å².